The van der Waals surface area contributed by atoms with Gasteiger partial charge in [-0.2, -0.15) is 0 Å². The molecule has 0 bridgehead atoms. The minimum atomic E-state index is 0.582. The lowest BCUT2D eigenvalue weighted by Crippen LogP contribution is -2.13. The highest BCUT2D eigenvalue weighted by Gasteiger charge is 2.21. The topological polar surface area (TPSA) is 22.1 Å². The Kier molecular flexibility index (Phi) is 4.01. The molecule has 0 aliphatic carbocycles. The Labute approximate surface area is 126 Å². The van der Waals surface area contributed by atoms with Crippen molar-refractivity contribution in [2.24, 2.45) is 0 Å². The highest BCUT2D eigenvalue weighted by atomic mass is 79.9. The minimum absolute atomic E-state index is 0.582. The van der Waals surface area contributed by atoms with Gasteiger partial charge >= 0.3 is 0 Å². The third kappa shape index (κ3) is 2.91. The Hall–Kier alpha value is -0.710. The first-order valence-electron chi connectivity index (χ1n) is 6.55. The summed E-state index contributed by atoms with van der Waals surface area (Å²) in [4.78, 5) is 6.19. The van der Waals surface area contributed by atoms with Gasteiger partial charge in [-0.3, -0.25) is 0 Å². The summed E-state index contributed by atoms with van der Waals surface area (Å²) in [6, 6.07) is 8.37. The number of nitrogens with zero attached hydrogens (tertiary/aromatic N) is 1. The number of hydrogen-bond acceptors (Lipinski definition) is 3. The van der Waals surface area contributed by atoms with E-state index < -0.39 is 0 Å². The van der Waals surface area contributed by atoms with E-state index in [9.17, 15) is 0 Å². The molecule has 0 spiro atoms. The molecule has 2 aromatic rings. The van der Waals surface area contributed by atoms with E-state index in [0.717, 1.165) is 36.2 Å². The number of halogens is 1. The summed E-state index contributed by atoms with van der Waals surface area (Å²) in [6.07, 6.45) is 2.20. The van der Waals surface area contributed by atoms with Gasteiger partial charge in [0.15, 0.2) is 0 Å². The molecule has 1 aliphatic rings. The zero-order valence-corrected chi connectivity index (χ0v) is 13.3. The van der Waals surface area contributed by atoms with Crippen LogP contribution in [0.15, 0.2) is 28.7 Å². The molecule has 1 aliphatic heterocycles. The Morgan fingerprint density at radius 2 is 2.11 bits per heavy atom. The van der Waals surface area contributed by atoms with E-state index in [2.05, 4.69) is 41.1 Å². The Bertz CT molecular complexity index is 575. The van der Waals surface area contributed by atoms with Crippen LogP contribution in [0.2, 0.25) is 0 Å². The molecule has 0 atom stereocenters. The van der Waals surface area contributed by atoms with Crippen molar-refractivity contribution >= 4 is 27.3 Å². The summed E-state index contributed by atoms with van der Waals surface area (Å²) in [5, 5.41) is 1.27. The molecular formula is C15H16BrNOS. The van der Waals surface area contributed by atoms with Crippen LogP contribution in [0.4, 0.5) is 0 Å². The smallest absolute Gasteiger partial charge is 0.0968 e. The van der Waals surface area contributed by atoms with Crippen molar-refractivity contribution < 1.29 is 4.74 Å². The maximum absolute atomic E-state index is 5.43. The molecule has 0 amide bonds. The molecular weight excluding hydrogens is 322 g/mol. The zero-order valence-electron chi connectivity index (χ0n) is 10.9. The maximum atomic E-state index is 5.43. The third-order valence-corrected chi connectivity index (χ3v) is 5.11. The standard InChI is InChI=1S/C15H16BrNOS/c1-10-14(12-3-2-4-13(16)9-12)17-15(19-10)11-5-7-18-8-6-11/h2-4,9,11H,5-8H2,1H3. The van der Waals surface area contributed by atoms with Crippen LogP contribution in [-0.4, -0.2) is 18.2 Å². The van der Waals surface area contributed by atoms with Gasteiger partial charge in [0.25, 0.3) is 0 Å². The molecule has 1 saturated heterocycles. The molecule has 0 saturated carbocycles. The highest BCUT2D eigenvalue weighted by molar-refractivity contribution is 9.10. The number of aromatic nitrogens is 1. The van der Waals surface area contributed by atoms with Crippen molar-refractivity contribution in [2.75, 3.05) is 13.2 Å². The second kappa shape index (κ2) is 5.73. The summed E-state index contributed by atoms with van der Waals surface area (Å²) in [6.45, 7) is 3.90. The molecule has 1 aromatic heterocycles. The second-order valence-corrected chi connectivity index (χ2v) is 7.00. The molecule has 0 N–H and O–H groups in total. The molecule has 1 aromatic carbocycles. The van der Waals surface area contributed by atoms with Gasteiger partial charge in [0, 0.05) is 34.0 Å². The number of benzene rings is 1. The fourth-order valence-corrected chi connectivity index (χ4v) is 3.95. The van der Waals surface area contributed by atoms with E-state index in [-0.39, 0.29) is 0 Å². The van der Waals surface area contributed by atoms with Crippen LogP contribution in [0.1, 0.15) is 28.6 Å². The number of rotatable bonds is 2. The van der Waals surface area contributed by atoms with E-state index in [4.69, 9.17) is 9.72 Å². The number of hydrogen-bond donors (Lipinski definition) is 0. The highest BCUT2D eigenvalue weighted by Crippen LogP contribution is 2.35. The molecule has 19 heavy (non-hydrogen) atoms. The lowest BCUT2D eigenvalue weighted by Gasteiger charge is -2.19. The summed E-state index contributed by atoms with van der Waals surface area (Å²) < 4.78 is 6.53. The van der Waals surface area contributed by atoms with Gasteiger partial charge < -0.3 is 4.74 Å². The van der Waals surface area contributed by atoms with E-state index in [1.54, 1.807) is 0 Å². The first-order valence-corrected chi connectivity index (χ1v) is 8.16. The van der Waals surface area contributed by atoms with Crippen molar-refractivity contribution in [1.82, 2.24) is 4.98 Å². The Balaban J connectivity index is 1.92. The minimum Gasteiger partial charge on any atom is -0.381 e. The number of thiazole rings is 1. The normalized spacial score (nSPS) is 16.7. The van der Waals surface area contributed by atoms with E-state index >= 15 is 0 Å². The largest absolute Gasteiger partial charge is 0.381 e. The van der Waals surface area contributed by atoms with Gasteiger partial charge in [-0.1, -0.05) is 28.1 Å². The Morgan fingerprint density at radius 3 is 2.84 bits per heavy atom. The molecule has 0 radical (unpaired) electrons. The first kappa shape index (κ1) is 13.3. The van der Waals surface area contributed by atoms with Gasteiger partial charge in [0.05, 0.1) is 10.7 Å². The SMILES string of the molecule is Cc1sc(C2CCOCC2)nc1-c1cccc(Br)c1. The van der Waals surface area contributed by atoms with Crippen LogP contribution in [0.5, 0.6) is 0 Å². The van der Waals surface area contributed by atoms with E-state index in [0.29, 0.717) is 5.92 Å². The maximum Gasteiger partial charge on any atom is 0.0968 e. The van der Waals surface area contributed by atoms with Crippen molar-refractivity contribution in [3.05, 3.63) is 38.6 Å². The van der Waals surface area contributed by atoms with Gasteiger partial charge in [-0.05, 0) is 31.9 Å². The van der Waals surface area contributed by atoms with Gasteiger partial charge in [-0.15, -0.1) is 11.3 Å². The third-order valence-electron chi connectivity index (χ3n) is 3.48. The van der Waals surface area contributed by atoms with E-state index in [1.807, 2.05) is 17.4 Å². The van der Waals surface area contributed by atoms with Crippen LogP contribution in [0.25, 0.3) is 11.3 Å². The first-order chi connectivity index (χ1) is 9.24. The van der Waals surface area contributed by atoms with Gasteiger partial charge in [-0.25, -0.2) is 4.98 Å². The Morgan fingerprint density at radius 1 is 1.32 bits per heavy atom. The van der Waals surface area contributed by atoms with Crippen molar-refractivity contribution in [3.63, 3.8) is 0 Å². The van der Waals surface area contributed by atoms with Crippen molar-refractivity contribution in [2.45, 2.75) is 25.7 Å². The molecule has 4 heteroatoms. The molecule has 100 valence electrons. The summed E-state index contributed by atoms with van der Waals surface area (Å²) in [5.41, 5.74) is 2.33. The lowest BCUT2D eigenvalue weighted by molar-refractivity contribution is 0.0853. The van der Waals surface area contributed by atoms with Crippen LogP contribution >= 0.6 is 27.3 Å². The van der Waals surface area contributed by atoms with Crippen molar-refractivity contribution in [3.8, 4) is 11.3 Å². The second-order valence-electron chi connectivity index (χ2n) is 4.85. The van der Waals surface area contributed by atoms with Crippen LogP contribution in [-0.2, 0) is 4.74 Å². The molecule has 3 rings (SSSR count). The summed E-state index contributed by atoms with van der Waals surface area (Å²) >= 11 is 5.37. The summed E-state index contributed by atoms with van der Waals surface area (Å²) in [5.74, 6) is 0.582. The summed E-state index contributed by atoms with van der Waals surface area (Å²) in [7, 11) is 0. The predicted octanol–water partition coefficient (Wildman–Crippen LogP) is 4.78. The molecule has 0 unspecified atom stereocenters. The van der Waals surface area contributed by atoms with Crippen LogP contribution < -0.4 is 0 Å². The predicted molar refractivity (Wildman–Crippen MR) is 82.8 cm³/mol. The fraction of sp³-hybridized carbons (Fsp3) is 0.400. The average molecular weight is 338 g/mol. The van der Waals surface area contributed by atoms with Crippen molar-refractivity contribution in [1.29, 1.82) is 0 Å². The lowest BCUT2D eigenvalue weighted by atomic mass is 10.0. The van der Waals surface area contributed by atoms with Gasteiger partial charge in [0.2, 0.25) is 0 Å². The average Bonchev–Trinajstić information content (AvgIpc) is 2.82. The zero-order chi connectivity index (χ0) is 13.2. The fourth-order valence-electron chi connectivity index (χ4n) is 2.44. The monoisotopic (exact) mass is 337 g/mol. The van der Waals surface area contributed by atoms with Gasteiger partial charge in [0.1, 0.15) is 0 Å². The van der Waals surface area contributed by atoms with E-state index in [1.165, 1.54) is 15.4 Å². The number of ether oxygens (including phenoxy) is 1. The molecule has 1 fully saturated rings. The van der Waals surface area contributed by atoms with Crippen LogP contribution in [0.3, 0.4) is 0 Å². The quantitative estimate of drug-likeness (QED) is 0.786. The van der Waals surface area contributed by atoms with Crippen LogP contribution in [0, 0.1) is 6.92 Å². The molecule has 2 nitrogen and oxygen atoms in total. The molecule has 2 heterocycles. The number of aryl methyl sites for hydroxylation is 1.